The average molecular weight is 406 g/mol. The number of fused-ring (bicyclic) bond motifs is 1. The Morgan fingerprint density at radius 3 is 2.73 bits per heavy atom. The maximum atomic E-state index is 12.6. The first-order valence-electron chi connectivity index (χ1n) is 10.3. The maximum Gasteiger partial charge on any atom is 0.251 e. The van der Waals surface area contributed by atoms with Crippen molar-refractivity contribution in [1.82, 2.24) is 30.2 Å². The highest BCUT2D eigenvalue weighted by Gasteiger charge is 2.27. The zero-order valence-electron chi connectivity index (χ0n) is 17.0. The third-order valence-electron chi connectivity index (χ3n) is 5.72. The van der Waals surface area contributed by atoms with Crippen molar-refractivity contribution >= 4 is 22.8 Å². The van der Waals surface area contributed by atoms with Crippen LogP contribution in [0.1, 0.15) is 41.7 Å². The van der Waals surface area contributed by atoms with E-state index in [0.717, 1.165) is 42.4 Å². The molecule has 0 saturated heterocycles. The van der Waals surface area contributed by atoms with Gasteiger partial charge in [-0.2, -0.15) is 0 Å². The zero-order valence-corrected chi connectivity index (χ0v) is 17.0. The van der Waals surface area contributed by atoms with Crippen LogP contribution in [-0.4, -0.2) is 43.9 Å². The van der Waals surface area contributed by atoms with Gasteiger partial charge in [0.1, 0.15) is 0 Å². The largest absolute Gasteiger partial charge is 0.355 e. The van der Waals surface area contributed by atoms with Gasteiger partial charge in [0, 0.05) is 56.1 Å². The fraction of sp³-hybridized carbons (Fsp3) is 0.409. The molecule has 0 spiro atoms. The summed E-state index contributed by atoms with van der Waals surface area (Å²) >= 11 is 0. The van der Waals surface area contributed by atoms with Crippen molar-refractivity contribution in [2.45, 2.75) is 38.1 Å². The number of imidazole rings is 1. The topological polar surface area (TPSA) is 102 Å². The Bertz CT molecular complexity index is 1020. The van der Waals surface area contributed by atoms with Crippen molar-refractivity contribution in [1.29, 1.82) is 0 Å². The molecule has 0 bridgehead atoms. The van der Waals surface area contributed by atoms with E-state index < -0.39 is 0 Å². The van der Waals surface area contributed by atoms with Gasteiger partial charge in [-0.25, -0.2) is 4.98 Å². The first kappa shape index (κ1) is 20.0. The Kier molecular flexibility index (Phi) is 6.02. The number of hydrogen-bond donors (Lipinski definition) is 2. The Morgan fingerprint density at radius 2 is 1.97 bits per heavy atom. The Balaban J connectivity index is 1.22. The first-order valence-corrected chi connectivity index (χ1v) is 10.3. The monoisotopic (exact) mass is 406 g/mol. The van der Waals surface area contributed by atoms with Crippen LogP contribution in [0.5, 0.6) is 0 Å². The van der Waals surface area contributed by atoms with Crippen LogP contribution in [0.2, 0.25) is 0 Å². The minimum absolute atomic E-state index is 0.00452. The lowest BCUT2D eigenvalue weighted by molar-refractivity contribution is -0.126. The molecule has 2 amide bonds. The van der Waals surface area contributed by atoms with Gasteiger partial charge in [0.25, 0.3) is 5.91 Å². The number of nitrogens with one attached hydrogen (secondary N) is 2. The molecule has 156 valence electrons. The SMILES string of the molecule is Cn1cnc2cc(C(=O)NC3CCC(C(=O)NCCc4cnccn4)CC3)ccc21. The van der Waals surface area contributed by atoms with Crippen molar-refractivity contribution in [3.63, 3.8) is 0 Å². The molecule has 30 heavy (non-hydrogen) atoms. The van der Waals surface area contributed by atoms with E-state index in [1.807, 2.05) is 29.8 Å². The van der Waals surface area contributed by atoms with Gasteiger partial charge in [-0.05, 0) is 43.9 Å². The summed E-state index contributed by atoms with van der Waals surface area (Å²) < 4.78 is 1.93. The van der Waals surface area contributed by atoms with Crippen molar-refractivity contribution in [2.24, 2.45) is 13.0 Å². The molecule has 0 atom stereocenters. The van der Waals surface area contributed by atoms with Gasteiger partial charge in [0.15, 0.2) is 0 Å². The summed E-state index contributed by atoms with van der Waals surface area (Å²) in [6.07, 6.45) is 10.6. The predicted molar refractivity (Wildman–Crippen MR) is 113 cm³/mol. The van der Waals surface area contributed by atoms with Crippen LogP contribution >= 0.6 is 0 Å². The van der Waals surface area contributed by atoms with E-state index >= 15 is 0 Å². The molecule has 8 nitrogen and oxygen atoms in total. The van der Waals surface area contributed by atoms with Crippen LogP contribution in [0.4, 0.5) is 0 Å². The van der Waals surface area contributed by atoms with Gasteiger partial charge in [0.05, 0.1) is 23.1 Å². The normalized spacial score (nSPS) is 18.8. The second-order valence-electron chi connectivity index (χ2n) is 7.82. The number of carbonyl (C=O) groups excluding carboxylic acids is 2. The zero-order chi connectivity index (χ0) is 20.9. The fourth-order valence-corrected chi connectivity index (χ4v) is 3.96. The maximum absolute atomic E-state index is 12.6. The molecule has 2 N–H and O–H groups in total. The number of hydrogen-bond acceptors (Lipinski definition) is 5. The third kappa shape index (κ3) is 4.64. The predicted octanol–water partition coefficient (Wildman–Crippen LogP) is 2.01. The van der Waals surface area contributed by atoms with E-state index in [2.05, 4.69) is 25.6 Å². The number of aryl methyl sites for hydroxylation is 1. The lowest BCUT2D eigenvalue weighted by Crippen LogP contribution is -2.41. The van der Waals surface area contributed by atoms with Gasteiger partial charge in [-0.1, -0.05) is 0 Å². The molecule has 1 aromatic carbocycles. The van der Waals surface area contributed by atoms with Crippen LogP contribution in [0, 0.1) is 5.92 Å². The molecule has 1 fully saturated rings. The number of benzene rings is 1. The molecule has 1 aliphatic rings. The van der Waals surface area contributed by atoms with E-state index in [0.29, 0.717) is 18.5 Å². The summed E-state index contributed by atoms with van der Waals surface area (Å²) in [6, 6.07) is 5.66. The van der Waals surface area contributed by atoms with E-state index in [1.54, 1.807) is 24.9 Å². The lowest BCUT2D eigenvalue weighted by Gasteiger charge is -2.28. The van der Waals surface area contributed by atoms with Crippen molar-refractivity contribution < 1.29 is 9.59 Å². The molecule has 0 radical (unpaired) electrons. The summed E-state index contributed by atoms with van der Waals surface area (Å²) in [4.78, 5) is 37.6. The Morgan fingerprint density at radius 1 is 1.13 bits per heavy atom. The molecular formula is C22H26N6O2. The smallest absolute Gasteiger partial charge is 0.251 e. The Hall–Kier alpha value is -3.29. The number of carbonyl (C=O) groups is 2. The summed E-state index contributed by atoms with van der Waals surface area (Å²) in [5, 5.41) is 6.11. The highest BCUT2D eigenvalue weighted by atomic mass is 16.2. The van der Waals surface area contributed by atoms with Crippen LogP contribution in [-0.2, 0) is 18.3 Å². The van der Waals surface area contributed by atoms with Crippen LogP contribution in [0.25, 0.3) is 11.0 Å². The van der Waals surface area contributed by atoms with Crippen LogP contribution in [0.3, 0.4) is 0 Å². The molecule has 3 aromatic rings. The van der Waals surface area contributed by atoms with Gasteiger partial charge in [0.2, 0.25) is 5.91 Å². The van der Waals surface area contributed by atoms with Crippen LogP contribution < -0.4 is 10.6 Å². The first-order chi connectivity index (χ1) is 14.6. The highest BCUT2D eigenvalue weighted by molar-refractivity contribution is 5.97. The van der Waals surface area contributed by atoms with Crippen molar-refractivity contribution in [3.8, 4) is 0 Å². The second-order valence-corrected chi connectivity index (χ2v) is 7.82. The molecule has 4 rings (SSSR count). The quantitative estimate of drug-likeness (QED) is 0.652. The number of nitrogens with zero attached hydrogens (tertiary/aromatic N) is 4. The summed E-state index contributed by atoms with van der Waals surface area (Å²) in [5.41, 5.74) is 3.29. The molecule has 1 aliphatic carbocycles. The van der Waals surface area contributed by atoms with Crippen LogP contribution in [0.15, 0.2) is 43.1 Å². The number of amides is 2. The standard InChI is InChI=1S/C22H26N6O2/c1-28-14-26-19-12-16(4-7-20(19)28)22(30)27-17-5-2-15(3-6-17)21(29)25-9-8-18-13-23-10-11-24-18/h4,7,10-15,17H,2-3,5-6,8-9H2,1H3,(H,25,29)(H,27,30). The fourth-order valence-electron chi connectivity index (χ4n) is 3.96. The molecular weight excluding hydrogens is 380 g/mol. The summed E-state index contributed by atoms with van der Waals surface area (Å²) in [5.74, 6) is 0.00794. The molecule has 0 aliphatic heterocycles. The summed E-state index contributed by atoms with van der Waals surface area (Å²) in [6.45, 7) is 0.560. The van der Waals surface area contributed by atoms with Gasteiger partial charge >= 0.3 is 0 Å². The minimum Gasteiger partial charge on any atom is -0.355 e. The molecule has 8 heteroatoms. The van der Waals surface area contributed by atoms with E-state index in [-0.39, 0.29) is 23.8 Å². The second kappa shape index (κ2) is 9.02. The molecule has 1 saturated carbocycles. The highest BCUT2D eigenvalue weighted by Crippen LogP contribution is 2.25. The van der Waals surface area contributed by atoms with Gasteiger partial charge < -0.3 is 15.2 Å². The summed E-state index contributed by atoms with van der Waals surface area (Å²) in [7, 11) is 1.93. The molecule has 2 heterocycles. The molecule has 0 unspecified atom stereocenters. The van der Waals surface area contributed by atoms with E-state index in [1.165, 1.54) is 0 Å². The Labute approximate surface area is 175 Å². The lowest BCUT2D eigenvalue weighted by atomic mass is 9.85. The van der Waals surface area contributed by atoms with Gasteiger partial charge in [-0.15, -0.1) is 0 Å². The van der Waals surface area contributed by atoms with E-state index in [9.17, 15) is 9.59 Å². The third-order valence-corrected chi connectivity index (χ3v) is 5.72. The average Bonchev–Trinajstić information content (AvgIpc) is 3.15. The van der Waals surface area contributed by atoms with E-state index in [4.69, 9.17) is 0 Å². The number of rotatable bonds is 6. The van der Waals surface area contributed by atoms with Crippen molar-refractivity contribution in [3.05, 3.63) is 54.4 Å². The number of aromatic nitrogens is 4. The molecule has 2 aromatic heterocycles. The minimum atomic E-state index is -0.0839. The van der Waals surface area contributed by atoms with Gasteiger partial charge in [-0.3, -0.25) is 19.6 Å². The van der Waals surface area contributed by atoms with Crippen molar-refractivity contribution in [2.75, 3.05) is 6.54 Å².